The van der Waals surface area contributed by atoms with Gasteiger partial charge in [0.1, 0.15) is 12.6 Å². The van der Waals surface area contributed by atoms with Gasteiger partial charge in [0.15, 0.2) is 0 Å². The Bertz CT molecular complexity index is 1090. The van der Waals surface area contributed by atoms with E-state index in [-0.39, 0.29) is 12.5 Å². The molecule has 10 heteroatoms. The highest BCUT2D eigenvalue weighted by Crippen LogP contribution is 2.28. The number of rotatable bonds is 10. The molecule has 33 heavy (non-hydrogen) atoms. The number of sulfonamides is 1. The van der Waals surface area contributed by atoms with Crippen LogP contribution in [-0.2, 0) is 26.2 Å². The highest BCUT2D eigenvalue weighted by molar-refractivity contribution is 7.92. The molecule has 0 unspecified atom stereocenters. The lowest BCUT2D eigenvalue weighted by molar-refractivity contribution is -0.139. The van der Waals surface area contributed by atoms with E-state index < -0.39 is 28.5 Å². The second-order valence-corrected chi connectivity index (χ2v) is 10.5. The van der Waals surface area contributed by atoms with Crippen molar-refractivity contribution in [3.8, 4) is 0 Å². The van der Waals surface area contributed by atoms with Gasteiger partial charge in [0, 0.05) is 23.1 Å². The van der Waals surface area contributed by atoms with Crippen LogP contribution in [0.5, 0.6) is 0 Å². The molecule has 2 aromatic carbocycles. The lowest BCUT2D eigenvalue weighted by Crippen LogP contribution is -2.51. The predicted octanol–water partition coefficient (Wildman–Crippen LogP) is 4.01. The lowest BCUT2D eigenvalue weighted by Gasteiger charge is -2.32. The first-order chi connectivity index (χ1) is 15.5. The Labute approximate surface area is 205 Å². The van der Waals surface area contributed by atoms with Gasteiger partial charge in [-0.2, -0.15) is 0 Å². The van der Waals surface area contributed by atoms with Crippen molar-refractivity contribution in [1.29, 1.82) is 0 Å². The van der Waals surface area contributed by atoms with Crippen molar-refractivity contribution in [2.45, 2.75) is 39.8 Å². The largest absolute Gasteiger partial charge is 0.354 e. The van der Waals surface area contributed by atoms with Crippen LogP contribution in [0.4, 0.5) is 5.69 Å². The average Bonchev–Trinajstić information content (AvgIpc) is 2.76. The van der Waals surface area contributed by atoms with E-state index in [0.29, 0.717) is 27.8 Å². The Morgan fingerprint density at radius 1 is 1.09 bits per heavy atom. The van der Waals surface area contributed by atoms with Crippen LogP contribution in [0.1, 0.15) is 31.4 Å². The van der Waals surface area contributed by atoms with Crippen molar-refractivity contribution in [3.05, 3.63) is 63.6 Å². The van der Waals surface area contributed by atoms with E-state index in [2.05, 4.69) is 5.32 Å². The molecule has 0 heterocycles. The number of nitrogens with zero attached hydrogens (tertiary/aromatic N) is 2. The van der Waals surface area contributed by atoms with Gasteiger partial charge in [0.05, 0.1) is 11.9 Å². The van der Waals surface area contributed by atoms with E-state index in [9.17, 15) is 18.0 Å². The van der Waals surface area contributed by atoms with Gasteiger partial charge in [-0.1, -0.05) is 48.3 Å². The average molecular weight is 514 g/mol. The van der Waals surface area contributed by atoms with Crippen molar-refractivity contribution in [2.75, 3.05) is 23.7 Å². The zero-order valence-electron chi connectivity index (χ0n) is 19.1. The Kier molecular flexibility index (Phi) is 9.57. The van der Waals surface area contributed by atoms with E-state index >= 15 is 0 Å². The van der Waals surface area contributed by atoms with Crippen molar-refractivity contribution in [3.63, 3.8) is 0 Å². The van der Waals surface area contributed by atoms with Gasteiger partial charge >= 0.3 is 0 Å². The topological polar surface area (TPSA) is 86.8 Å². The van der Waals surface area contributed by atoms with Gasteiger partial charge in [0.25, 0.3) is 0 Å². The van der Waals surface area contributed by atoms with E-state index in [1.165, 1.54) is 4.90 Å². The fourth-order valence-corrected chi connectivity index (χ4v) is 4.42. The summed E-state index contributed by atoms with van der Waals surface area (Å²) in [7, 11) is -3.82. The van der Waals surface area contributed by atoms with Crippen molar-refractivity contribution in [1.82, 2.24) is 10.2 Å². The Morgan fingerprint density at radius 2 is 1.73 bits per heavy atom. The summed E-state index contributed by atoms with van der Waals surface area (Å²) in [5, 5.41) is 3.73. The first kappa shape index (κ1) is 27.0. The SMILES string of the molecule is CCCNC(=O)[C@H](C)N(Cc1ccc(Cl)cc1)C(=O)CN(c1cccc(Cl)c1C)S(C)(=O)=O. The summed E-state index contributed by atoms with van der Waals surface area (Å²) in [6.07, 6.45) is 1.78. The molecule has 0 aliphatic carbocycles. The molecule has 1 N–H and O–H groups in total. The lowest BCUT2D eigenvalue weighted by atomic mass is 10.1. The minimum Gasteiger partial charge on any atom is -0.354 e. The van der Waals surface area contributed by atoms with Gasteiger partial charge in [-0.3, -0.25) is 13.9 Å². The minimum absolute atomic E-state index is 0.114. The van der Waals surface area contributed by atoms with E-state index in [1.54, 1.807) is 56.3 Å². The fourth-order valence-electron chi connectivity index (χ4n) is 3.23. The first-order valence-electron chi connectivity index (χ1n) is 10.5. The zero-order chi connectivity index (χ0) is 24.8. The fraction of sp³-hybridized carbons (Fsp3) is 0.391. The molecule has 2 aromatic rings. The number of hydrogen-bond acceptors (Lipinski definition) is 4. The molecule has 0 saturated heterocycles. The highest BCUT2D eigenvalue weighted by Gasteiger charge is 2.30. The third-order valence-electron chi connectivity index (χ3n) is 5.17. The number of anilines is 1. The monoisotopic (exact) mass is 513 g/mol. The quantitative estimate of drug-likeness (QED) is 0.519. The maximum absolute atomic E-state index is 13.4. The molecule has 0 fully saturated rings. The van der Waals surface area contributed by atoms with Crippen molar-refractivity contribution in [2.24, 2.45) is 0 Å². The minimum atomic E-state index is -3.82. The van der Waals surface area contributed by atoms with Crippen LogP contribution in [0, 0.1) is 6.92 Å². The van der Waals surface area contributed by atoms with Crippen molar-refractivity contribution < 1.29 is 18.0 Å². The van der Waals surface area contributed by atoms with Gasteiger partial charge in [-0.05, 0) is 55.7 Å². The molecule has 0 spiro atoms. The molecule has 0 saturated carbocycles. The van der Waals surface area contributed by atoms with Crippen LogP contribution in [-0.4, -0.2) is 50.5 Å². The maximum Gasteiger partial charge on any atom is 0.244 e. The van der Waals surface area contributed by atoms with Crippen LogP contribution in [0.15, 0.2) is 42.5 Å². The first-order valence-corrected chi connectivity index (χ1v) is 13.1. The summed E-state index contributed by atoms with van der Waals surface area (Å²) < 4.78 is 26.2. The summed E-state index contributed by atoms with van der Waals surface area (Å²) in [5.74, 6) is -0.835. The van der Waals surface area contributed by atoms with Gasteiger partial charge in [0.2, 0.25) is 21.8 Å². The summed E-state index contributed by atoms with van der Waals surface area (Å²) in [6.45, 7) is 5.35. The number of carbonyl (C=O) groups excluding carboxylic acids is 2. The Hall–Kier alpha value is -2.29. The third-order valence-corrected chi connectivity index (χ3v) is 6.96. The van der Waals surface area contributed by atoms with Crippen LogP contribution >= 0.6 is 23.2 Å². The number of amides is 2. The number of benzene rings is 2. The van der Waals surface area contributed by atoms with E-state index in [0.717, 1.165) is 22.5 Å². The van der Waals surface area contributed by atoms with Crippen LogP contribution in [0.25, 0.3) is 0 Å². The van der Waals surface area contributed by atoms with Crippen LogP contribution in [0.2, 0.25) is 10.0 Å². The normalized spacial score (nSPS) is 12.2. The molecule has 2 amide bonds. The molecule has 0 aliphatic rings. The summed E-state index contributed by atoms with van der Waals surface area (Å²) in [5.41, 5.74) is 1.61. The summed E-state index contributed by atoms with van der Waals surface area (Å²) in [4.78, 5) is 27.5. The third kappa shape index (κ3) is 7.35. The number of hydrogen-bond donors (Lipinski definition) is 1. The molecule has 0 radical (unpaired) electrons. The summed E-state index contributed by atoms with van der Waals surface area (Å²) >= 11 is 12.2. The van der Waals surface area contributed by atoms with Gasteiger partial charge in [-0.15, -0.1) is 0 Å². The molecule has 1 atom stereocenters. The predicted molar refractivity (Wildman–Crippen MR) is 133 cm³/mol. The molecular formula is C23H29Cl2N3O4S. The zero-order valence-corrected chi connectivity index (χ0v) is 21.5. The highest BCUT2D eigenvalue weighted by atomic mass is 35.5. The number of halogens is 2. The molecule has 0 bridgehead atoms. The molecule has 0 aromatic heterocycles. The van der Waals surface area contributed by atoms with Gasteiger partial charge in [-0.25, -0.2) is 8.42 Å². The second kappa shape index (κ2) is 11.7. The smallest absolute Gasteiger partial charge is 0.244 e. The molecule has 7 nitrogen and oxygen atoms in total. The van der Waals surface area contributed by atoms with Crippen LogP contribution in [0.3, 0.4) is 0 Å². The Balaban J connectivity index is 2.40. The number of carbonyl (C=O) groups is 2. The molecule has 0 aliphatic heterocycles. The maximum atomic E-state index is 13.4. The second-order valence-electron chi connectivity index (χ2n) is 7.77. The van der Waals surface area contributed by atoms with E-state index in [1.807, 2.05) is 6.92 Å². The number of nitrogens with one attached hydrogen (secondary N) is 1. The molecule has 2 rings (SSSR count). The van der Waals surface area contributed by atoms with Crippen molar-refractivity contribution >= 4 is 50.7 Å². The Morgan fingerprint density at radius 3 is 2.30 bits per heavy atom. The van der Waals surface area contributed by atoms with Crippen LogP contribution < -0.4 is 9.62 Å². The van der Waals surface area contributed by atoms with Gasteiger partial charge < -0.3 is 10.2 Å². The molecular weight excluding hydrogens is 485 g/mol. The standard InChI is InChI=1S/C23H29Cl2N3O4S/c1-5-13-26-23(30)17(3)27(14-18-9-11-19(24)12-10-18)22(29)15-28(33(4,31)32)21-8-6-7-20(25)16(21)2/h6-12,17H,5,13-15H2,1-4H3,(H,26,30)/t17-/m0/s1. The molecule has 180 valence electrons. The summed E-state index contributed by atoms with van der Waals surface area (Å²) in [6, 6.07) is 11.0. The van der Waals surface area contributed by atoms with E-state index in [4.69, 9.17) is 23.2 Å².